The molecule has 0 saturated carbocycles. The fraction of sp³-hybridized carbons (Fsp3) is 0.389. The number of nitrogens with zero attached hydrogens (tertiary/aromatic N) is 1. The second-order valence-corrected chi connectivity index (χ2v) is 9.81. The quantitative estimate of drug-likeness (QED) is 0.755. The maximum atomic E-state index is 13.8. The maximum absolute atomic E-state index is 13.8. The molecule has 1 N–H and O–H groups in total. The van der Waals surface area contributed by atoms with Gasteiger partial charge in [-0.25, -0.2) is 12.8 Å². The highest BCUT2D eigenvalue weighted by Gasteiger charge is 2.33. The van der Waals surface area contributed by atoms with Crippen LogP contribution in [0.15, 0.2) is 39.9 Å². The van der Waals surface area contributed by atoms with Crippen molar-refractivity contribution in [3.63, 3.8) is 0 Å². The number of piperidine rings is 1. The van der Waals surface area contributed by atoms with Crippen molar-refractivity contribution >= 4 is 38.9 Å². The molecule has 1 atom stereocenters. The number of hydrogen-bond acceptors (Lipinski definition) is 4. The summed E-state index contributed by atoms with van der Waals surface area (Å²) in [6.45, 7) is 0.711. The third-order valence-corrected chi connectivity index (χ3v) is 8.22. The van der Waals surface area contributed by atoms with Crippen molar-refractivity contribution in [1.82, 2.24) is 9.62 Å². The van der Waals surface area contributed by atoms with Gasteiger partial charge in [-0.05, 0) is 42.8 Å². The molecule has 0 radical (unpaired) electrons. The summed E-state index contributed by atoms with van der Waals surface area (Å²) in [6.07, 6.45) is 2.95. The number of benzene rings is 1. The van der Waals surface area contributed by atoms with Crippen molar-refractivity contribution < 1.29 is 17.6 Å². The Balaban J connectivity index is 1.65. The highest BCUT2D eigenvalue weighted by atomic mass is 35.5. The molecule has 1 saturated heterocycles. The van der Waals surface area contributed by atoms with E-state index in [1.54, 1.807) is 17.5 Å². The second-order valence-electron chi connectivity index (χ2n) is 6.34. The molecule has 9 heteroatoms. The van der Waals surface area contributed by atoms with E-state index < -0.39 is 21.7 Å². The average molecular weight is 431 g/mol. The van der Waals surface area contributed by atoms with Crippen molar-refractivity contribution in [1.29, 1.82) is 0 Å². The van der Waals surface area contributed by atoms with Gasteiger partial charge in [-0.1, -0.05) is 30.2 Å². The lowest BCUT2D eigenvalue weighted by atomic mass is 10.0. The fourth-order valence-electron chi connectivity index (χ4n) is 3.26. The summed E-state index contributed by atoms with van der Waals surface area (Å²) in [7, 11) is -3.53. The summed E-state index contributed by atoms with van der Waals surface area (Å²) >= 11 is 7.10. The summed E-state index contributed by atoms with van der Waals surface area (Å²) in [5.41, 5.74) is -0.189. The van der Waals surface area contributed by atoms with Crippen molar-refractivity contribution in [3.05, 3.63) is 52.1 Å². The van der Waals surface area contributed by atoms with E-state index >= 15 is 0 Å². The van der Waals surface area contributed by atoms with Gasteiger partial charge < -0.3 is 5.32 Å². The lowest BCUT2D eigenvalue weighted by molar-refractivity contribution is 0.0945. The number of nitrogens with one attached hydrogen (secondary N) is 1. The van der Waals surface area contributed by atoms with Crippen LogP contribution >= 0.6 is 22.9 Å². The second kappa shape index (κ2) is 8.68. The zero-order chi connectivity index (χ0) is 19.4. The van der Waals surface area contributed by atoms with E-state index in [1.807, 2.05) is 0 Å². The average Bonchev–Trinajstić information content (AvgIpc) is 3.17. The van der Waals surface area contributed by atoms with Crippen molar-refractivity contribution in [2.75, 3.05) is 13.1 Å². The molecule has 1 aliphatic rings. The van der Waals surface area contributed by atoms with Crippen molar-refractivity contribution in [3.8, 4) is 0 Å². The minimum atomic E-state index is -3.53. The Labute approximate surface area is 167 Å². The number of thiophene rings is 1. The zero-order valence-corrected chi connectivity index (χ0v) is 16.9. The van der Waals surface area contributed by atoms with Crippen molar-refractivity contribution in [2.45, 2.75) is 35.9 Å². The Bertz CT molecular complexity index is 883. The molecule has 0 aliphatic carbocycles. The van der Waals surface area contributed by atoms with Gasteiger partial charge in [-0.3, -0.25) is 4.79 Å². The third kappa shape index (κ3) is 4.51. The van der Waals surface area contributed by atoms with Gasteiger partial charge in [0, 0.05) is 19.1 Å². The van der Waals surface area contributed by atoms with Crippen LogP contribution in [0.5, 0.6) is 0 Å². The molecular weight excluding hydrogens is 411 g/mol. The lowest BCUT2D eigenvalue weighted by Gasteiger charge is -2.34. The number of carbonyl (C=O) groups excluding carboxylic acids is 1. The maximum Gasteiger partial charge on any atom is 0.255 e. The highest BCUT2D eigenvalue weighted by molar-refractivity contribution is 7.91. The zero-order valence-electron chi connectivity index (χ0n) is 14.5. The monoisotopic (exact) mass is 430 g/mol. The van der Waals surface area contributed by atoms with Crippen molar-refractivity contribution in [2.24, 2.45) is 0 Å². The molecule has 3 rings (SSSR count). The molecule has 0 spiro atoms. The van der Waals surface area contributed by atoms with Gasteiger partial charge >= 0.3 is 0 Å². The van der Waals surface area contributed by atoms with Gasteiger partial charge in [-0.15, -0.1) is 11.3 Å². The van der Waals surface area contributed by atoms with Crippen LogP contribution in [-0.4, -0.2) is 37.8 Å². The van der Waals surface area contributed by atoms with E-state index in [9.17, 15) is 17.6 Å². The molecule has 1 fully saturated rings. The molecule has 27 heavy (non-hydrogen) atoms. The number of amides is 1. The number of halogens is 2. The van der Waals surface area contributed by atoms with Crippen LogP contribution in [0, 0.1) is 5.82 Å². The standard InChI is InChI=1S/C18H20ClFN2O3S2/c19-14-6-3-7-15(20)17(14)18(23)21-10-9-13-5-1-2-11-22(13)27(24,25)16-8-4-12-26-16/h3-4,6-8,12-13H,1-2,5,9-11H2,(H,21,23). The molecule has 146 valence electrons. The smallest absolute Gasteiger partial charge is 0.255 e. The summed E-state index contributed by atoms with van der Waals surface area (Å²) in [5.74, 6) is -1.28. The molecule has 1 aliphatic heterocycles. The van der Waals surface area contributed by atoms with E-state index in [2.05, 4.69) is 5.32 Å². The van der Waals surface area contributed by atoms with Crippen LogP contribution in [0.4, 0.5) is 4.39 Å². The largest absolute Gasteiger partial charge is 0.352 e. The van der Waals surface area contributed by atoms with Crippen LogP contribution in [0.3, 0.4) is 0 Å². The molecule has 1 unspecified atom stereocenters. The fourth-order valence-corrected chi connectivity index (χ4v) is 6.35. The van der Waals surface area contributed by atoms with Gasteiger partial charge in [0.2, 0.25) is 0 Å². The highest BCUT2D eigenvalue weighted by Crippen LogP contribution is 2.29. The first-order valence-corrected chi connectivity index (χ1v) is 11.4. The third-order valence-electron chi connectivity index (χ3n) is 4.58. The van der Waals surface area contributed by atoms with E-state index in [0.29, 0.717) is 17.2 Å². The first-order valence-electron chi connectivity index (χ1n) is 8.69. The first-order chi connectivity index (χ1) is 12.9. The molecule has 5 nitrogen and oxygen atoms in total. The van der Waals surface area contributed by atoms with Gasteiger partial charge in [0.15, 0.2) is 0 Å². The Morgan fingerprint density at radius 2 is 2.11 bits per heavy atom. The molecule has 0 bridgehead atoms. The summed E-state index contributed by atoms with van der Waals surface area (Å²) in [5, 5.41) is 4.44. The van der Waals surface area contributed by atoms with Gasteiger partial charge in [0.05, 0.1) is 10.6 Å². The summed E-state index contributed by atoms with van der Waals surface area (Å²) < 4.78 is 41.4. The minimum Gasteiger partial charge on any atom is -0.352 e. The van der Waals surface area contributed by atoms with Gasteiger partial charge in [0.25, 0.3) is 15.9 Å². The van der Waals surface area contributed by atoms with Crippen LogP contribution in [0.2, 0.25) is 5.02 Å². The predicted molar refractivity (Wildman–Crippen MR) is 104 cm³/mol. The van der Waals surface area contributed by atoms with E-state index in [0.717, 1.165) is 19.3 Å². The number of rotatable bonds is 6. The molecule has 1 aromatic heterocycles. The van der Waals surface area contributed by atoms with Crippen LogP contribution in [-0.2, 0) is 10.0 Å². The van der Waals surface area contributed by atoms with Gasteiger partial charge in [0.1, 0.15) is 10.0 Å². The molecule has 1 amide bonds. The van der Waals surface area contributed by atoms with E-state index in [1.165, 1.54) is 33.8 Å². The van der Waals surface area contributed by atoms with Crippen LogP contribution < -0.4 is 5.32 Å². The van der Waals surface area contributed by atoms with E-state index in [-0.39, 0.29) is 23.2 Å². The van der Waals surface area contributed by atoms with Crippen LogP contribution in [0.25, 0.3) is 0 Å². The van der Waals surface area contributed by atoms with E-state index in [4.69, 9.17) is 11.6 Å². The Kier molecular flexibility index (Phi) is 6.52. The molecule has 2 heterocycles. The molecule has 2 aromatic rings. The predicted octanol–water partition coefficient (Wildman–Crippen LogP) is 3.90. The number of hydrogen-bond donors (Lipinski definition) is 1. The Hall–Kier alpha value is -1.48. The first kappa shape index (κ1) is 20.3. The number of sulfonamides is 1. The summed E-state index contributed by atoms with van der Waals surface area (Å²) in [6, 6.07) is 7.20. The minimum absolute atomic E-state index is 0.0482. The lowest BCUT2D eigenvalue weighted by Crippen LogP contribution is -2.45. The summed E-state index contributed by atoms with van der Waals surface area (Å²) in [4.78, 5) is 12.2. The topological polar surface area (TPSA) is 66.5 Å². The Morgan fingerprint density at radius 3 is 2.81 bits per heavy atom. The SMILES string of the molecule is O=C(NCCC1CCCCN1S(=O)(=O)c1cccs1)c1c(F)cccc1Cl. The van der Waals surface area contributed by atoms with Crippen LogP contribution in [0.1, 0.15) is 36.0 Å². The Morgan fingerprint density at radius 1 is 1.30 bits per heavy atom. The molecule has 1 aromatic carbocycles. The van der Waals surface area contributed by atoms with Gasteiger partial charge in [-0.2, -0.15) is 4.31 Å². The molecular formula is C18H20ClFN2O3S2. The number of carbonyl (C=O) groups is 1. The normalized spacial score (nSPS) is 18.4.